The summed E-state index contributed by atoms with van der Waals surface area (Å²) in [5.74, 6) is 1.15. The summed E-state index contributed by atoms with van der Waals surface area (Å²) in [7, 11) is 0. The molecular formula is C16H25NO2. The van der Waals surface area contributed by atoms with Crippen LogP contribution in [0.4, 0.5) is 0 Å². The average molecular weight is 263 g/mol. The molecule has 1 aliphatic carbocycles. The lowest BCUT2D eigenvalue weighted by Crippen LogP contribution is -2.45. The SMILES string of the molecule is CC(C)NC[C@H]1CCC[C@@H](Oc2ccccc2)[C@@H]1O. The molecule has 1 aliphatic rings. The van der Waals surface area contributed by atoms with E-state index in [9.17, 15) is 5.11 Å². The van der Waals surface area contributed by atoms with Crippen LogP contribution in [-0.2, 0) is 0 Å². The highest BCUT2D eigenvalue weighted by molar-refractivity contribution is 5.21. The van der Waals surface area contributed by atoms with Crippen LogP contribution in [0.5, 0.6) is 5.75 Å². The van der Waals surface area contributed by atoms with Crippen LogP contribution in [0.25, 0.3) is 0 Å². The molecule has 1 saturated carbocycles. The quantitative estimate of drug-likeness (QED) is 0.858. The Kier molecular flexibility index (Phi) is 5.23. The van der Waals surface area contributed by atoms with Crippen molar-refractivity contribution in [1.82, 2.24) is 5.32 Å². The van der Waals surface area contributed by atoms with E-state index in [0.717, 1.165) is 31.6 Å². The number of rotatable bonds is 5. The molecule has 3 heteroatoms. The predicted octanol–water partition coefficient (Wildman–Crippen LogP) is 2.59. The molecule has 3 nitrogen and oxygen atoms in total. The molecule has 2 N–H and O–H groups in total. The maximum absolute atomic E-state index is 10.4. The van der Waals surface area contributed by atoms with E-state index in [1.807, 2.05) is 30.3 Å². The van der Waals surface area contributed by atoms with Gasteiger partial charge < -0.3 is 15.2 Å². The first kappa shape index (κ1) is 14.4. The zero-order valence-electron chi connectivity index (χ0n) is 11.9. The lowest BCUT2D eigenvalue weighted by Gasteiger charge is -2.35. The molecule has 1 fully saturated rings. The van der Waals surface area contributed by atoms with E-state index < -0.39 is 0 Å². The van der Waals surface area contributed by atoms with Crippen LogP contribution in [0.2, 0.25) is 0 Å². The minimum absolute atomic E-state index is 0.0740. The van der Waals surface area contributed by atoms with Crippen molar-refractivity contribution in [2.24, 2.45) is 5.92 Å². The van der Waals surface area contributed by atoms with Gasteiger partial charge in [-0.25, -0.2) is 0 Å². The standard InChI is InChI=1S/C16H25NO2/c1-12(2)17-11-13-7-6-10-15(16(13)18)19-14-8-4-3-5-9-14/h3-5,8-9,12-13,15-18H,6-7,10-11H2,1-2H3/t13-,15-,16-/m1/s1. The molecule has 0 aromatic heterocycles. The number of aliphatic hydroxyl groups excluding tert-OH is 1. The van der Waals surface area contributed by atoms with Gasteiger partial charge in [-0.3, -0.25) is 0 Å². The third-order valence-corrected chi connectivity index (χ3v) is 3.75. The molecule has 0 aliphatic heterocycles. The molecule has 2 rings (SSSR count). The minimum atomic E-state index is -0.375. The summed E-state index contributed by atoms with van der Waals surface area (Å²) in [6, 6.07) is 10.2. The van der Waals surface area contributed by atoms with E-state index in [1.165, 1.54) is 0 Å². The zero-order valence-corrected chi connectivity index (χ0v) is 11.9. The molecule has 0 amide bonds. The van der Waals surface area contributed by atoms with Gasteiger partial charge in [0.25, 0.3) is 0 Å². The number of hydrogen-bond donors (Lipinski definition) is 2. The van der Waals surface area contributed by atoms with Crippen LogP contribution in [-0.4, -0.2) is 29.9 Å². The molecule has 106 valence electrons. The van der Waals surface area contributed by atoms with Crippen molar-refractivity contribution in [2.45, 2.75) is 51.4 Å². The van der Waals surface area contributed by atoms with Gasteiger partial charge in [0.2, 0.25) is 0 Å². The molecule has 0 spiro atoms. The second-order valence-corrected chi connectivity index (χ2v) is 5.71. The van der Waals surface area contributed by atoms with Crippen LogP contribution in [0.15, 0.2) is 30.3 Å². The Labute approximate surface area is 116 Å². The van der Waals surface area contributed by atoms with Crippen molar-refractivity contribution in [3.05, 3.63) is 30.3 Å². The van der Waals surface area contributed by atoms with Crippen molar-refractivity contribution < 1.29 is 9.84 Å². The third-order valence-electron chi connectivity index (χ3n) is 3.75. The number of hydrogen-bond acceptors (Lipinski definition) is 3. The monoisotopic (exact) mass is 263 g/mol. The molecule has 1 aromatic carbocycles. The lowest BCUT2D eigenvalue weighted by molar-refractivity contribution is -0.0309. The topological polar surface area (TPSA) is 41.5 Å². The number of para-hydroxylation sites is 1. The molecule has 0 saturated heterocycles. The second-order valence-electron chi connectivity index (χ2n) is 5.71. The van der Waals surface area contributed by atoms with Crippen molar-refractivity contribution >= 4 is 0 Å². The van der Waals surface area contributed by atoms with Crippen molar-refractivity contribution in [1.29, 1.82) is 0 Å². The number of aliphatic hydroxyl groups is 1. The van der Waals surface area contributed by atoms with E-state index in [-0.39, 0.29) is 12.2 Å². The Balaban J connectivity index is 1.90. The first-order valence-electron chi connectivity index (χ1n) is 7.30. The fraction of sp³-hybridized carbons (Fsp3) is 0.625. The Morgan fingerprint density at radius 2 is 2.00 bits per heavy atom. The van der Waals surface area contributed by atoms with E-state index >= 15 is 0 Å². The van der Waals surface area contributed by atoms with Crippen LogP contribution in [0.3, 0.4) is 0 Å². The van der Waals surface area contributed by atoms with Gasteiger partial charge in [-0.05, 0) is 31.4 Å². The normalized spacial score (nSPS) is 27.5. The van der Waals surface area contributed by atoms with Crippen molar-refractivity contribution in [2.75, 3.05) is 6.54 Å². The molecule has 0 bridgehead atoms. The summed E-state index contributed by atoms with van der Waals surface area (Å²) in [5, 5.41) is 13.9. The third kappa shape index (κ3) is 4.22. The number of nitrogens with one attached hydrogen (secondary N) is 1. The summed E-state index contributed by atoms with van der Waals surface area (Å²) < 4.78 is 5.93. The van der Waals surface area contributed by atoms with Gasteiger partial charge in [-0.15, -0.1) is 0 Å². The van der Waals surface area contributed by atoms with Crippen molar-refractivity contribution in [3.8, 4) is 5.75 Å². The molecule has 19 heavy (non-hydrogen) atoms. The Bertz CT molecular complexity index is 366. The fourth-order valence-corrected chi connectivity index (χ4v) is 2.64. The van der Waals surface area contributed by atoms with E-state index in [4.69, 9.17) is 4.74 Å². The summed E-state index contributed by atoms with van der Waals surface area (Å²) >= 11 is 0. The Hall–Kier alpha value is -1.06. The smallest absolute Gasteiger partial charge is 0.125 e. The van der Waals surface area contributed by atoms with Gasteiger partial charge in [-0.1, -0.05) is 32.0 Å². The van der Waals surface area contributed by atoms with Gasteiger partial charge in [-0.2, -0.15) is 0 Å². The second kappa shape index (κ2) is 6.92. The van der Waals surface area contributed by atoms with Gasteiger partial charge in [0.05, 0.1) is 6.10 Å². The van der Waals surface area contributed by atoms with E-state index in [1.54, 1.807) is 0 Å². The van der Waals surface area contributed by atoms with Crippen molar-refractivity contribution in [3.63, 3.8) is 0 Å². The number of benzene rings is 1. The van der Waals surface area contributed by atoms with E-state index in [2.05, 4.69) is 19.2 Å². The molecule has 3 atom stereocenters. The fourth-order valence-electron chi connectivity index (χ4n) is 2.64. The minimum Gasteiger partial charge on any atom is -0.488 e. The van der Waals surface area contributed by atoms with Gasteiger partial charge in [0, 0.05) is 18.5 Å². The molecule has 0 heterocycles. The summed E-state index contributed by atoms with van der Waals surface area (Å²) in [6.45, 7) is 5.13. The molecule has 0 unspecified atom stereocenters. The zero-order chi connectivity index (χ0) is 13.7. The highest BCUT2D eigenvalue weighted by Gasteiger charge is 2.33. The van der Waals surface area contributed by atoms with Crippen LogP contribution in [0, 0.1) is 5.92 Å². The van der Waals surface area contributed by atoms with Gasteiger partial charge >= 0.3 is 0 Å². The maximum Gasteiger partial charge on any atom is 0.125 e. The first-order chi connectivity index (χ1) is 9.16. The Morgan fingerprint density at radius 3 is 2.68 bits per heavy atom. The lowest BCUT2D eigenvalue weighted by atomic mass is 9.84. The first-order valence-corrected chi connectivity index (χ1v) is 7.30. The number of ether oxygens (including phenoxy) is 1. The summed E-state index contributed by atoms with van der Waals surface area (Å²) in [6.07, 6.45) is 2.69. The van der Waals surface area contributed by atoms with Crippen LogP contribution < -0.4 is 10.1 Å². The molecular weight excluding hydrogens is 238 g/mol. The highest BCUT2D eigenvalue weighted by atomic mass is 16.5. The molecule has 1 aromatic rings. The highest BCUT2D eigenvalue weighted by Crippen LogP contribution is 2.28. The molecule has 0 radical (unpaired) electrons. The summed E-state index contributed by atoms with van der Waals surface area (Å²) in [4.78, 5) is 0. The predicted molar refractivity (Wildman–Crippen MR) is 77.3 cm³/mol. The largest absolute Gasteiger partial charge is 0.488 e. The van der Waals surface area contributed by atoms with E-state index in [0.29, 0.717) is 12.0 Å². The van der Waals surface area contributed by atoms with Crippen LogP contribution >= 0.6 is 0 Å². The Morgan fingerprint density at radius 1 is 1.26 bits per heavy atom. The van der Waals surface area contributed by atoms with Gasteiger partial charge in [0.1, 0.15) is 11.9 Å². The maximum atomic E-state index is 10.4. The van der Waals surface area contributed by atoms with Crippen LogP contribution in [0.1, 0.15) is 33.1 Å². The average Bonchev–Trinajstić information content (AvgIpc) is 2.41. The van der Waals surface area contributed by atoms with Gasteiger partial charge in [0.15, 0.2) is 0 Å². The summed E-state index contributed by atoms with van der Waals surface area (Å²) in [5.41, 5.74) is 0.